The number of rotatable bonds is 4. The highest BCUT2D eigenvalue weighted by Crippen LogP contribution is 2.33. The maximum absolute atomic E-state index is 13.1. The number of ether oxygens (including phenoxy) is 3. The first-order chi connectivity index (χ1) is 12.1. The summed E-state index contributed by atoms with van der Waals surface area (Å²) in [6.45, 7) is 0.317. The van der Waals surface area contributed by atoms with E-state index in [-0.39, 0.29) is 18.1 Å². The molecule has 1 aliphatic heterocycles. The van der Waals surface area contributed by atoms with Crippen molar-refractivity contribution in [1.82, 2.24) is 0 Å². The molecule has 0 saturated heterocycles. The number of carbonyl (C=O) groups is 2. The lowest BCUT2D eigenvalue weighted by atomic mass is 9.99. The third-order valence-corrected chi connectivity index (χ3v) is 4.20. The van der Waals surface area contributed by atoms with Crippen molar-refractivity contribution in [2.75, 3.05) is 32.8 Å². The predicted molar refractivity (Wildman–Crippen MR) is 93.2 cm³/mol. The molecule has 1 heterocycles. The number of ketones is 1. The summed E-state index contributed by atoms with van der Waals surface area (Å²) in [5.41, 5.74) is 1.51. The first kappa shape index (κ1) is 16.8. The number of benzene rings is 2. The van der Waals surface area contributed by atoms with E-state index in [1.165, 1.54) is 14.2 Å². The zero-order valence-corrected chi connectivity index (χ0v) is 14.4. The van der Waals surface area contributed by atoms with Crippen LogP contribution < -0.4 is 19.1 Å². The minimum Gasteiger partial charge on any atom is -0.497 e. The van der Waals surface area contributed by atoms with Crippen molar-refractivity contribution in [2.24, 2.45) is 0 Å². The second-order valence-corrected chi connectivity index (χ2v) is 5.61. The number of methoxy groups -OCH3 is 3. The summed E-state index contributed by atoms with van der Waals surface area (Å²) in [7, 11) is 4.61. The van der Waals surface area contributed by atoms with Gasteiger partial charge in [0.05, 0.1) is 27.0 Å². The van der Waals surface area contributed by atoms with Crippen LogP contribution >= 0.6 is 0 Å². The Labute approximate surface area is 145 Å². The quantitative estimate of drug-likeness (QED) is 0.855. The van der Waals surface area contributed by atoms with Crippen LogP contribution in [0.3, 0.4) is 0 Å². The van der Waals surface area contributed by atoms with Crippen molar-refractivity contribution in [3.63, 3.8) is 0 Å². The fourth-order valence-corrected chi connectivity index (χ4v) is 2.86. The first-order valence-corrected chi connectivity index (χ1v) is 7.83. The molecule has 130 valence electrons. The SMILES string of the molecule is COc1cc(OC)cc(C(=O)N2CCC(=O)c3ccc(OC)cc32)c1. The van der Waals surface area contributed by atoms with Gasteiger partial charge in [-0.15, -0.1) is 0 Å². The van der Waals surface area contributed by atoms with Gasteiger partial charge < -0.3 is 19.1 Å². The highest BCUT2D eigenvalue weighted by atomic mass is 16.5. The summed E-state index contributed by atoms with van der Waals surface area (Å²) in [6.07, 6.45) is 0.284. The molecule has 1 aliphatic rings. The molecule has 1 amide bonds. The minimum atomic E-state index is -0.223. The highest BCUT2D eigenvalue weighted by molar-refractivity contribution is 6.13. The molecule has 0 spiro atoms. The lowest BCUT2D eigenvalue weighted by Gasteiger charge is -2.29. The summed E-state index contributed by atoms with van der Waals surface area (Å²) in [5.74, 6) is 1.45. The molecule has 0 fully saturated rings. The van der Waals surface area contributed by atoms with Gasteiger partial charge in [-0.1, -0.05) is 0 Å². The van der Waals surface area contributed by atoms with Gasteiger partial charge in [0.1, 0.15) is 17.2 Å². The second kappa shape index (κ2) is 6.84. The van der Waals surface area contributed by atoms with Crippen LogP contribution in [0.1, 0.15) is 27.1 Å². The zero-order chi connectivity index (χ0) is 18.0. The van der Waals surface area contributed by atoms with E-state index < -0.39 is 0 Å². The van der Waals surface area contributed by atoms with Gasteiger partial charge in [0.2, 0.25) is 0 Å². The molecule has 25 heavy (non-hydrogen) atoms. The maximum Gasteiger partial charge on any atom is 0.258 e. The molecule has 0 unspecified atom stereocenters. The average Bonchev–Trinajstić information content (AvgIpc) is 2.66. The van der Waals surface area contributed by atoms with Crippen molar-refractivity contribution in [3.05, 3.63) is 47.5 Å². The molecule has 0 bridgehead atoms. The zero-order valence-electron chi connectivity index (χ0n) is 14.4. The minimum absolute atomic E-state index is 0.0184. The monoisotopic (exact) mass is 341 g/mol. The van der Waals surface area contributed by atoms with Crippen LogP contribution in [0.15, 0.2) is 36.4 Å². The topological polar surface area (TPSA) is 65.1 Å². The standard InChI is InChI=1S/C19H19NO5/c1-23-13-4-5-16-17(11-13)20(7-6-18(16)21)19(22)12-8-14(24-2)10-15(9-12)25-3/h4-5,8-11H,6-7H2,1-3H3. The first-order valence-electron chi connectivity index (χ1n) is 7.83. The Kier molecular flexibility index (Phi) is 4.61. The van der Waals surface area contributed by atoms with Crippen LogP contribution in [0.2, 0.25) is 0 Å². The van der Waals surface area contributed by atoms with Gasteiger partial charge in [0.25, 0.3) is 5.91 Å². The highest BCUT2D eigenvalue weighted by Gasteiger charge is 2.29. The summed E-state index contributed by atoms with van der Waals surface area (Å²) >= 11 is 0. The largest absolute Gasteiger partial charge is 0.497 e. The number of amides is 1. The van der Waals surface area contributed by atoms with E-state index >= 15 is 0 Å². The number of Topliss-reactive ketones (excluding diaryl/α,β-unsaturated/α-hetero) is 1. The molecule has 0 aliphatic carbocycles. The van der Waals surface area contributed by atoms with Gasteiger partial charge in [-0.25, -0.2) is 0 Å². The summed E-state index contributed by atoms with van der Waals surface area (Å²) in [6, 6.07) is 10.1. The number of hydrogen-bond acceptors (Lipinski definition) is 5. The Bertz CT molecular complexity index is 808. The Morgan fingerprint density at radius 2 is 1.56 bits per heavy atom. The van der Waals surface area contributed by atoms with Gasteiger partial charge in [0, 0.05) is 36.2 Å². The van der Waals surface area contributed by atoms with Gasteiger partial charge >= 0.3 is 0 Å². The fraction of sp³-hybridized carbons (Fsp3) is 0.263. The molecule has 3 rings (SSSR count). The van der Waals surface area contributed by atoms with E-state index in [2.05, 4.69) is 0 Å². The molecule has 0 N–H and O–H groups in total. The maximum atomic E-state index is 13.1. The Morgan fingerprint density at radius 1 is 0.920 bits per heavy atom. The van der Waals surface area contributed by atoms with Crippen molar-refractivity contribution in [3.8, 4) is 17.2 Å². The molecule has 0 radical (unpaired) electrons. The normalized spacial score (nSPS) is 13.2. The molecule has 6 heteroatoms. The van der Waals surface area contributed by atoms with E-state index in [4.69, 9.17) is 14.2 Å². The smallest absolute Gasteiger partial charge is 0.258 e. The molecule has 2 aromatic rings. The number of hydrogen-bond donors (Lipinski definition) is 0. The van der Waals surface area contributed by atoms with Gasteiger partial charge in [0.15, 0.2) is 5.78 Å². The van der Waals surface area contributed by atoms with E-state index in [0.717, 1.165) is 0 Å². The lowest BCUT2D eigenvalue weighted by molar-refractivity contribution is 0.0954. The van der Waals surface area contributed by atoms with Crippen LogP contribution in [0, 0.1) is 0 Å². The van der Waals surface area contributed by atoms with Gasteiger partial charge in [-0.3, -0.25) is 9.59 Å². The molecule has 0 saturated carbocycles. The third-order valence-electron chi connectivity index (χ3n) is 4.20. The Morgan fingerprint density at radius 3 is 2.16 bits per heavy atom. The van der Waals surface area contributed by atoms with Crippen molar-refractivity contribution >= 4 is 17.4 Å². The average molecular weight is 341 g/mol. The van der Waals surface area contributed by atoms with Gasteiger partial charge in [-0.2, -0.15) is 0 Å². The van der Waals surface area contributed by atoms with E-state index in [1.54, 1.807) is 48.4 Å². The molecule has 0 atom stereocenters. The molecule has 6 nitrogen and oxygen atoms in total. The van der Waals surface area contributed by atoms with Crippen LogP contribution in [-0.4, -0.2) is 39.6 Å². The predicted octanol–water partition coefficient (Wildman–Crippen LogP) is 2.95. The third kappa shape index (κ3) is 3.15. The summed E-state index contributed by atoms with van der Waals surface area (Å²) in [4.78, 5) is 26.8. The second-order valence-electron chi connectivity index (χ2n) is 5.61. The lowest BCUT2D eigenvalue weighted by Crippen LogP contribution is -2.37. The van der Waals surface area contributed by atoms with Crippen molar-refractivity contribution < 1.29 is 23.8 Å². The Hall–Kier alpha value is -3.02. The van der Waals surface area contributed by atoms with E-state index in [9.17, 15) is 9.59 Å². The number of fused-ring (bicyclic) bond motifs is 1. The van der Waals surface area contributed by atoms with Gasteiger partial charge in [-0.05, 0) is 24.3 Å². The van der Waals surface area contributed by atoms with Crippen LogP contribution in [0.5, 0.6) is 17.2 Å². The summed E-state index contributed by atoms with van der Waals surface area (Å²) in [5, 5.41) is 0. The number of anilines is 1. The van der Waals surface area contributed by atoms with Crippen molar-refractivity contribution in [2.45, 2.75) is 6.42 Å². The molecular weight excluding hydrogens is 322 g/mol. The van der Waals surface area contributed by atoms with E-state index in [0.29, 0.717) is 40.6 Å². The number of carbonyl (C=O) groups excluding carboxylic acids is 2. The molecule has 2 aromatic carbocycles. The van der Waals surface area contributed by atoms with Crippen LogP contribution in [0.4, 0.5) is 5.69 Å². The van der Waals surface area contributed by atoms with E-state index in [1.807, 2.05) is 0 Å². The summed E-state index contributed by atoms with van der Waals surface area (Å²) < 4.78 is 15.7. The van der Waals surface area contributed by atoms with Crippen LogP contribution in [0.25, 0.3) is 0 Å². The molecular formula is C19H19NO5. The number of nitrogens with zero attached hydrogens (tertiary/aromatic N) is 1. The fourth-order valence-electron chi connectivity index (χ4n) is 2.86. The molecule has 0 aromatic heterocycles. The van der Waals surface area contributed by atoms with Crippen molar-refractivity contribution in [1.29, 1.82) is 0 Å². The Balaban J connectivity index is 2.04. The van der Waals surface area contributed by atoms with Crippen LogP contribution in [-0.2, 0) is 0 Å².